The number of carbonyl (C=O) groups excluding carboxylic acids is 2. The Morgan fingerprint density at radius 3 is 1.73 bits per heavy atom. The third kappa shape index (κ3) is 25.9. The van der Waals surface area contributed by atoms with E-state index in [4.69, 9.17) is 9.90 Å². The molecule has 0 aromatic heterocycles. The first-order chi connectivity index (χ1) is 14.7. The average Bonchev–Trinajstić information content (AvgIpc) is 2.78. The van der Waals surface area contributed by atoms with Crippen molar-refractivity contribution in [3.8, 4) is 5.75 Å². The Hall–Kier alpha value is -2.10. The quantitative estimate of drug-likeness (QED) is 0.182. The van der Waals surface area contributed by atoms with Crippen molar-refractivity contribution >= 4 is 12.8 Å². The molecule has 4 nitrogen and oxygen atoms in total. The molecule has 0 amide bonds. The molecular formula is C26H44O4. The maximum atomic E-state index is 10.9. The van der Waals surface area contributed by atoms with Crippen LogP contribution in [0.4, 0.5) is 0 Å². The van der Waals surface area contributed by atoms with Crippen LogP contribution in [0.2, 0.25) is 0 Å². The number of methoxy groups -OCH3 is 1. The number of hydrogen-bond donors (Lipinski definition) is 1. The number of phenolic OH excluding ortho intramolecular Hbond substituents is 1. The van der Waals surface area contributed by atoms with E-state index >= 15 is 0 Å². The molecule has 1 N–H and O–H groups in total. The van der Waals surface area contributed by atoms with Crippen LogP contribution in [0, 0.1) is 0 Å². The van der Waals surface area contributed by atoms with Gasteiger partial charge in [-0.05, 0) is 44.2 Å². The lowest BCUT2D eigenvalue weighted by atomic mass is 10.1. The average molecular weight is 421 g/mol. The predicted molar refractivity (Wildman–Crippen MR) is 127 cm³/mol. The smallest absolute Gasteiger partial charge is 0.305 e. The molecule has 0 radical (unpaired) electrons. The number of para-hydroxylation sites is 1. The third-order valence-electron chi connectivity index (χ3n) is 4.63. The van der Waals surface area contributed by atoms with Crippen molar-refractivity contribution in [3.63, 3.8) is 0 Å². The summed E-state index contributed by atoms with van der Waals surface area (Å²) < 4.78 is 4.62. The molecule has 30 heavy (non-hydrogen) atoms. The van der Waals surface area contributed by atoms with Crippen LogP contribution in [0.15, 0.2) is 42.5 Å². The highest BCUT2D eigenvalue weighted by Crippen LogP contribution is 2.10. The number of ether oxygens (including phenoxy) is 1. The first kappa shape index (κ1) is 30.1. The highest BCUT2D eigenvalue weighted by atomic mass is 16.5. The van der Waals surface area contributed by atoms with Gasteiger partial charge in [-0.15, -0.1) is 0 Å². The highest BCUT2D eigenvalue weighted by Gasteiger charge is 1.98. The number of esters is 1. The molecule has 0 saturated carbocycles. The Morgan fingerprint density at radius 1 is 0.833 bits per heavy atom. The van der Waals surface area contributed by atoms with Crippen molar-refractivity contribution < 1.29 is 19.4 Å². The summed E-state index contributed by atoms with van der Waals surface area (Å²) in [6.45, 7) is 4.27. The molecule has 172 valence electrons. The van der Waals surface area contributed by atoms with Crippen LogP contribution in [0.25, 0.3) is 0 Å². The van der Waals surface area contributed by atoms with Crippen LogP contribution in [-0.4, -0.2) is 25.0 Å². The molecule has 0 heterocycles. The Kier molecular flexibility index (Phi) is 27.0. The summed E-state index contributed by atoms with van der Waals surface area (Å²) in [5.41, 5.74) is 0. The number of phenols is 1. The van der Waals surface area contributed by atoms with E-state index in [9.17, 15) is 4.79 Å². The van der Waals surface area contributed by atoms with Crippen molar-refractivity contribution in [2.75, 3.05) is 7.11 Å². The lowest BCUT2D eigenvalue weighted by molar-refractivity contribution is -0.140. The van der Waals surface area contributed by atoms with Gasteiger partial charge >= 0.3 is 5.97 Å². The van der Waals surface area contributed by atoms with Crippen molar-refractivity contribution in [2.45, 2.75) is 96.8 Å². The van der Waals surface area contributed by atoms with Crippen LogP contribution < -0.4 is 0 Å². The predicted octanol–water partition coefficient (Wildman–Crippen LogP) is 7.40. The first-order valence-electron chi connectivity index (χ1n) is 11.4. The van der Waals surface area contributed by atoms with Crippen LogP contribution in [0.5, 0.6) is 5.75 Å². The molecule has 0 aliphatic rings. The summed E-state index contributed by atoms with van der Waals surface area (Å²) in [5.74, 6) is 0.245. The molecule has 0 unspecified atom stereocenters. The molecule has 0 bridgehead atoms. The summed E-state index contributed by atoms with van der Waals surface area (Å²) in [5, 5.41) is 8.63. The van der Waals surface area contributed by atoms with Gasteiger partial charge in [-0.3, -0.25) is 4.79 Å². The zero-order valence-electron chi connectivity index (χ0n) is 19.3. The van der Waals surface area contributed by atoms with Crippen molar-refractivity contribution in [1.29, 1.82) is 0 Å². The minimum absolute atomic E-state index is 0.0763. The van der Waals surface area contributed by atoms with Crippen molar-refractivity contribution in [1.82, 2.24) is 0 Å². The van der Waals surface area contributed by atoms with E-state index in [-0.39, 0.29) is 5.97 Å². The van der Waals surface area contributed by atoms with Gasteiger partial charge in [0.25, 0.3) is 0 Å². The first-order valence-corrected chi connectivity index (χ1v) is 11.4. The van der Waals surface area contributed by atoms with Gasteiger partial charge in [0.15, 0.2) is 0 Å². The van der Waals surface area contributed by atoms with Gasteiger partial charge in [0.05, 0.1) is 7.11 Å². The lowest BCUT2D eigenvalue weighted by Crippen LogP contribution is -1.98. The Bertz CT molecular complexity index is 485. The minimum atomic E-state index is -0.0763. The summed E-state index contributed by atoms with van der Waals surface area (Å²) in [6, 6.07) is 8.71. The second-order valence-electron chi connectivity index (χ2n) is 7.25. The van der Waals surface area contributed by atoms with Gasteiger partial charge < -0.3 is 14.6 Å². The maximum Gasteiger partial charge on any atom is 0.305 e. The fourth-order valence-corrected chi connectivity index (χ4v) is 2.87. The van der Waals surface area contributed by atoms with E-state index in [2.05, 4.69) is 23.8 Å². The summed E-state index contributed by atoms with van der Waals surface area (Å²) >= 11 is 0. The highest BCUT2D eigenvalue weighted by molar-refractivity contribution is 5.68. The number of unbranched alkanes of at least 4 members (excludes halogenated alkanes) is 11. The SMILES string of the molecule is C=O.CCCCCCCC/C=C\CCCCCCCC(=O)OC.Oc1ccccc1. The molecule has 0 aliphatic heterocycles. The summed E-state index contributed by atoms with van der Waals surface area (Å²) in [4.78, 5) is 18.9. The third-order valence-corrected chi connectivity index (χ3v) is 4.63. The van der Waals surface area contributed by atoms with E-state index in [0.717, 1.165) is 12.8 Å². The van der Waals surface area contributed by atoms with Gasteiger partial charge in [-0.1, -0.05) is 88.6 Å². The lowest BCUT2D eigenvalue weighted by Gasteiger charge is -2.00. The Morgan fingerprint density at radius 2 is 1.30 bits per heavy atom. The summed E-state index contributed by atoms with van der Waals surface area (Å²) in [6.07, 6.45) is 22.0. The Balaban J connectivity index is 0. The molecule has 0 fully saturated rings. The molecule has 0 saturated heterocycles. The van der Waals surface area contributed by atoms with Crippen LogP contribution in [0.3, 0.4) is 0 Å². The zero-order valence-corrected chi connectivity index (χ0v) is 19.3. The second-order valence-corrected chi connectivity index (χ2v) is 7.25. The molecule has 1 rings (SSSR count). The van der Waals surface area contributed by atoms with E-state index in [1.54, 1.807) is 24.3 Å². The number of benzene rings is 1. The van der Waals surface area contributed by atoms with E-state index < -0.39 is 0 Å². The second kappa shape index (κ2) is 26.9. The zero-order chi connectivity index (χ0) is 22.7. The van der Waals surface area contributed by atoms with Gasteiger partial charge in [-0.25, -0.2) is 0 Å². The van der Waals surface area contributed by atoms with Gasteiger partial charge in [0.1, 0.15) is 12.5 Å². The molecule has 0 atom stereocenters. The fourth-order valence-electron chi connectivity index (χ4n) is 2.87. The number of hydrogen-bond acceptors (Lipinski definition) is 4. The molecule has 0 spiro atoms. The van der Waals surface area contributed by atoms with Gasteiger partial charge in [0.2, 0.25) is 0 Å². The van der Waals surface area contributed by atoms with E-state index in [1.165, 1.54) is 77.7 Å². The molecule has 1 aromatic rings. The molecule has 4 heteroatoms. The van der Waals surface area contributed by atoms with Gasteiger partial charge in [0, 0.05) is 6.42 Å². The van der Waals surface area contributed by atoms with Crippen LogP contribution in [-0.2, 0) is 14.3 Å². The monoisotopic (exact) mass is 420 g/mol. The Labute approximate surface area is 184 Å². The van der Waals surface area contributed by atoms with E-state index in [0.29, 0.717) is 12.2 Å². The van der Waals surface area contributed by atoms with E-state index in [1.807, 2.05) is 12.9 Å². The van der Waals surface area contributed by atoms with Crippen LogP contribution in [0.1, 0.15) is 96.8 Å². The van der Waals surface area contributed by atoms with Crippen LogP contribution >= 0.6 is 0 Å². The number of carbonyl (C=O) groups is 2. The largest absolute Gasteiger partial charge is 0.508 e. The van der Waals surface area contributed by atoms with Crippen molar-refractivity contribution in [3.05, 3.63) is 42.5 Å². The topological polar surface area (TPSA) is 63.6 Å². The number of rotatable bonds is 15. The van der Waals surface area contributed by atoms with Crippen molar-refractivity contribution in [2.24, 2.45) is 0 Å². The molecule has 0 aliphatic carbocycles. The molecule has 1 aromatic carbocycles. The summed E-state index contributed by atoms with van der Waals surface area (Å²) in [7, 11) is 1.46. The normalized spacial score (nSPS) is 9.93. The fraction of sp³-hybridized carbons (Fsp3) is 0.615. The molecular weight excluding hydrogens is 376 g/mol. The minimum Gasteiger partial charge on any atom is -0.508 e. The number of allylic oxidation sites excluding steroid dienone is 2. The maximum absolute atomic E-state index is 10.9. The standard InChI is InChI=1S/C19H36O2.C6H6O.CH2O/c1-3-4-5-6-7-8-9-10-11-12-13-14-15-16-17-18-19(20)21-2;7-6-4-2-1-3-5-6;1-2/h10-11H,3-9,12-18H2,1-2H3;1-5,7H;1H2/b11-10-;;. The number of aromatic hydroxyl groups is 1. The van der Waals surface area contributed by atoms with Gasteiger partial charge in [-0.2, -0.15) is 0 Å².